The van der Waals surface area contributed by atoms with Gasteiger partial charge in [0.2, 0.25) is 0 Å². The van der Waals surface area contributed by atoms with Gasteiger partial charge in [-0.2, -0.15) is 5.10 Å². The summed E-state index contributed by atoms with van der Waals surface area (Å²) < 4.78 is 6.89. The van der Waals surface area contributed by atoms with Gasteiger partial charge in [0.05, 0.1) is 18.5 Å². The Kier molecular flexibility index (Phi) is 7.12. The predicted octanol–water partition coefficient (Wildman–Crippen LogP) is 3.60. The molecule has 178 valence electrons. The van der Waals surface area contributed by atoms with Gasteiger partial charge in [0.15, 0.2) is 0 Å². The monoisotopic (exact) mass is 460 g/mol. The lowest BCUT2D eigenvalue weighted by Gasteiger charge is -2.22. The molecule has 0 saturated carbocycles. The molecule has 3 aromatic rings. The summed E-state index contributed by atoms with van der Waals surface area (Å²) in [7, 11) is 1.41. The van der Waals surface area contributed by atoms with Gasteiger partial charge in [-0.25, -0.2) is 4.68 Å². The maximum atomic E-state index is 13.1. The van der Waals surface area contributed by atoms with E-state index >= 15 is 0 Å². The minimum absolute atomic E-state index is 0.149. The third kappa shape index (κ3) is 5.20. The summed E-state index contributed by atoms with van der Waals surface area (Å²) in [5, 5.41) is 7.63. The Balaban J connectivity index is 1.46. The number of likely N-dealkylation sites (tertiary alicyclic amines) is 1. The Morgan fingerprint density at radius 2 is 1.82 bits per heavy atom. The van der Waals surface area contributed by atoms with Gasteiger partial charge in [-0.3, -0.25) is 14.5 Å². The first kappa shape index (κ1) is 23.7. The number of amides is 1. The number of nitrogens with zero attached hydrogens (tertiary/aromatic N) is 3. The number of hydrogen-bond donors (Lipinski definition) is 1. The van der Waals surface area contributed by atoms with E-state index in [1.165, 1.54) is 12.7 Å². The van der Waals surface area contributed by atoms with Gasteiger partial charge >= 0.3 is 5.97 Å². The number of carbonyl (C=O) groups excluding carboxylic acids is 2. The number of ether oxygens (including phenoxy) is 1. The second kappa shape index (κ2) is 10.2. The van der Waals surface area contributed by atoms with Crippen molar-refractivity contribution in [3.05, 3.63) is 82.7 Å². The van der Waals surface area contributed by atoms with Crippen LogP contribution in [0, 0.1) is 13.8 Å². The van der Waals surface area contributed by atoms with E-state index in [9.17, 15) is 9.59 Å². The predicted molar refractivity (Wildman–Crippen MR) is 131 cm³/mol. The highest BCUT2D eigenvalue weighted by molar-refractivity contribution is 5.95. The maximum Gasteiger partial charge on any atom is 0.323 e. The van der Waals surface area contributed by atoms with Crippen LogP contribution >= 0.6 is 0 Å². The zero-order chi connectivity index (χ0) is 24.2. The highest BCUT2D eigenvalue weighted by Gasteiger charge is 2.38. The topological polar surface area (TPSA) is 76.5 Å². The fourth-order valence-corrected chi connectivity index (χ4v) is 4.62. The first-order valence-electron chi connectivity index (χ1n) is 11.7. The van der Waals surface area contributed by atoms with Gasteiger partial charge in [-0.15, -0.1) is 0 Å². The molecule has 34 heavy (non-hydrogen) atoms. The Morgan fingerprint density at radius 1 is 1.09 bits per heavy atom. The third-order valence-corrected chi connectivity index (χ3v) is 6.39. The van der Waals surface area contributed by atoms with Crippen molar-refractivity contribution in [2.75, 3.05) is 13.7 Å². The average molecular weight is 461 g/mol. The highest BCUT2D eigenvalue weighted by Crippen LogP contribution is 2.23. The van der Waals surface area contributed by atoms with Crippen LogP contribution in [-0.2, 0) is 22.5 Å². The third-order valence-electron chi connectivity index (χ3n) is 6.39. The number of nitrogens with one attached hydrogen (secondary N) is 1. The van der Waals surface area contributed by atoms with Gasteiger partial charge in [-0.1, -0.05) is 37.3 Å². The molecule has 2 heterocycles. The smallest absolute Gasteiger partial charge is 0.323 e. The number of benzene rings is 2. The molecule has 0 bridgehead atoms. The van der Waals surface area contributed by atoms with Gasteiger partial charge in [0.1, 0.15) is 6.04 Å². The lowest BCUT2D eigenvalue weighted by atomic mass is 10.1. The van der Waals surface area contributed by atoms with E-state index in [4.69, 9.17) is 4.74 Å². The molecule has 1 aliphatic rings. The summed E-state index contributed by atoms with van der Waals surface area (Å²) in [6, 6.07) is 17.3. The van der Waals surface area contributed by atoms with Gasteiger partial charge in [0, 0.05) is 30.4 Å². The minimum atomic E-state index is -0.387. The molecule has 1 fully saturated rings. The highest BCUT2D eigenvalue weighted by atomic mass is 16.5. The lowest BCUT2D eigenvalue weighted by molar-refractivity contribution is -0.146. The molecular formula is C27H32N4O3. The number of esters is 1. The number of aryl methyl sites for hydroxylation is 3. The molecule has 7 heteroatoms. The fraction of sp³-hybridized carbons (Fsp3) is 0.370. The van der Waals surface area contributed by atoms with Gasteiger partial charge in [-0.05, 0) is 62.1 Å². The molecule has 0 unspecified atom stereocenters. The van der Waals surface area contributed by atoms with Crippen molar-refractivity contribution in [2.24, 2.45) is 0 Å². The van der Waals surface area contributed by atoms with Crippen LogP contribution in [0.2, 0.25) is 0 Å². The number of hydrogen-bond acceptors (Lipinski definition) is 5. The molecule has 1 aliphatic heterocycles. The normalized spacial score (nSPS) is 18.1. The number of aromatic nitrogens is 2. The molecule has 1 saturated heterocycles. The summed E-state index contributed by atoms with van der Waals surface area (Å²) >= 11 is 0. The maximum absolute atomic E-state index is 13.1. The van der Waals surface area contributed by atoms with Crippen LogP contribution < -0.4 is 5.32 Å². The molecular weight excluding hydrogens is 428 g/mol. The molecule has 7 nitrogen and oxygen atoms in total. The Morgan fingerprint density at radius 3 is 2.47 bits per heavy atom. The molecule has 2 atom stereocenters. The van der Waals surface area contributed by atoms with E-state index in [2.05, 4.69) is 46.5 Å². The van der Waals surface area contributed by atoms with E-state index in [0.717, 1.165) is 29.1 Å². The summed E-state index contributed by atoms with van der Waals surface area (Å²) in [4.78, 5) is 27.6. The van der Waals surface area contributed by atoms with Gasteiger partial charge < -0.3 is 10.1 Å². The van der Waals surface area contributed by atoms with Crippen molar-refractivity contribution in [3.63, 3.8) is 0 Å². The van der Waals surface area contributed by atoms with Crippen molar-refractivity contribution in [1.82, 2.24) is 20.0 Å². The first-order valence-corrected chi connectivity index (χ1v) is 11.7. The van der Waals surface area contributed by atoms with E-state index in [1.54, 1.807) is 6.07 Å². The van der Waals surface area contributed by atoms with Crippen molar-refractivity contribution in [2.45, 2.75) is 52.2 Å². The fourth-order valence-electron chi connectivity index (χ4n) is 4.62. The molecule has 2 aromatic carbocycles. The van der Waals surface area contributed by atoms with E-state index in [1.807, 2.05) is 42.8 Å². The average Bonchev–Trinajstić information content (AvgIpc) is 3.40. The minimum Gasteiger partial charge on any atom is -0.468 e. The molecule has 0 spiro atoms. The van der Waals surface area contributed by atoms with Crippen LogP contribution in [0.1, 0.15) is 46.2 Å². The zero-order valence-electron chi connectivity index (χ0n) is 20.2. The van der Waals surface area contributed by atoms with Crippen LogP contribution in [0.4, 0.5) is 0 Å². The Bertz CT molecular complexity index is 1170. The van der Waals surface area contributed by atoms with Gasteiger partial charge in [0.25, 0.3) is 5.91 Å². The molecule has 0 radical (unpaired) electrons. The Hall–Kier alpha value is -3.45. The quantitative estimate of drug-likeness (QED) is 0.545. The molecule has 1 N–H and O–H groups in total. The van der Waals surface area contributed by atoms with Crippen molar-refractivity contribution in [1.29, 1.82) is 0 Å². The number of carbonyl (C=O) groups is 2. The second-order valence-electron chi connectivity index (χ2n) is 8.93. The summed E-state index contributed by atoms with van der Waals surface area (Å²) in [6.45, 7) is 7.27. The van der Waals surface area contributed by atoms with Crippen LogP contribution in [0.15, 0.2) is 54.6 Å². The van der Waals surface area contributed by atoms with E-state index in [-0.39, 0.29) is 24.0 Å². The van der Waals surface area contributed by atoms with E-state index in [0.29, 0.717) is 25.1 Å². The van der Waals surface area contributed by atoms with Crippen LogP contribution in [0.3, 0.4) is 0 Å². The van der Waals surface area contributed by atoms with Crippen molar-refractivity contribution < 1.29 is 14.3 Å². The summed E-state index contributed by atoms with van der Waals surface area (Å²) in [5.41, 5.74) is 5.76. The standard InChI is InChI=1S/C27H32N4O3/c1-5-20-9-11-21(12-10-20)16-30-17-23(15-25(30)27(33)34-4)28-26(32)22-7-6-8-24(14-22)31-19(3)13-18(2)29-31/h6-14,23,25H,5,15-17H2,1-4H3,(H,28,32)/t23-,25+/m1/s1. The summed E-state index contributed by atoms with van der Waals surface area (Å²) in [6.07, 6.45) is 1.51. The summed E-state index contributed by atoms with van der Waals surface area (Å²) in [5.74, 6) is -0.431. The first-order chi connectivity index (χ1) is 16.4. The largest absolute Gasteiger partial charge is 0.468 e. The zero-order valence-corrected chi connectivity index (χ0v) is 20.2. The number of rotatable bonds is 7. The molecule has 1 aromatic heterocycles. The molecule has 4 rings (SSSR count). The molecule has 1 amide bonds. The second-order valence-corrected chi connectivity index (χ2v) is 8.93. The van der Waals surface area contributed by atoms with Crippen molar-refractivity contribution in [3.8, 4) is 5.69 Å². The van der Waals surface area contributed by atoms with Crippen molar-refractivity contribution >= 4 is 11.9 Å². The van der Waals surface area contributed by atoms with Crippen LogP contribution in [0.25, 0.3) is 5.69 Å². The lowest BCUT2D eigenvalue weighted by Crippen LogP contribution is -2.37. The van der Waals surface area contributed by atoms with E-state index < -0.39 is 0 Å². The molecule has 0 aliphatic carbocycles. The number of methoxy groups -OCH3 is 1. The Labute approximate surface area is 200 Å². The SMILES string of the molecule is CCc1ccc(CN2C[C@H](NC(=O)c3cccc(-n4nc(C)cc4C)c3)C[C@H]2C(=O)OC)cc1. The van der Waals surface area contributed by atoms with Crippen LogP contribution in [-0.4, -0.2) is 52.3 Å². The van der Waals surface area contributed by atoms with Crippen LogP contribution in [0.5, 0.6) is 0 Å².